The van der Waals surface area contributed by atoms with Gasteiger partial charge >= 0.3 is 0 Å². The van der Waals surface area contributed by atoms with Gasteiger partial charge in [-0.25, -0.2) is 4.98 Å². The maximum atomic E-state index is 8.97. The van der Waals surface area contributed by atoms with Crippen molar-refractivity contribution in [2.75, 3.05) is 24.6 Å². The summed E-state index contributed by atoms with van der Waals surface area (Å²) < 4.78 is 1.02. The maximum Gasteiger partial charge on any atom is 0.128 e. The van der Waals surface area contributed by atoms with E-state index in [0.717, 1.165) is 29.0 Å². The Labute approximate surface area is 99.3 Å². The lowest BCUT2D eigenvalue weighted by Gasteiger charge is -2.22. The van der Waals surface area contributed by atoms with Gasteiger partial charge in [0.2, 0.25) is 0 Å². The summed E-state index contributed by atoms with van der Waals surface area (Å²) in [5.74, 6) is 0.937. The van der Waals surface area contributed by atoms with Crippen LogP contribution in [-0.2, 0) is 0 Å². The number of hydrogen-bond acceptors (Lipinski definition) is 3. The number of halogens is 1. The number of hydrogen-bond donors (Lipinski definition) is 1. The molecule has 15 heavy (non-hydrogen) atoms. The van der Waals surface area contributed by atoms with Crippen molar-refractivity contribution >= 4 is 21.7 Å². The highest BCUT2D eigenvalue weighted by Gasteiger charge is 2.07. The molecule has 1 heterocycles. The molecule has 4 heteroatoms. The van der Waals surface area contributed by atoms with Gasteiger partial charge in [-0.05, 0) is 41.4 Å². The predicted molar refractivity (Wildman–Crippen MR) is 66.3 cm³/mol. The van der Waals surface area contributed by atoms with Gasteiger partial charge in [-0.2, -0.15) is 0 Å². The molecule has 0 spiro atoms. The van der Waals surface area contributed by atoms with Crippen LogP contribution in [-0.4, -0.2) is 29.8 Å². The molecule has 3 nitrogen and oxygen atoms in total. The van der Waals surface area contributed by atoms with Gasteiger partial charge in [0.05, 0.1) is 12.3 Å². The van der Waals surface area contributed by atoms with Crippen LogP contribution in [0, 0.1) is 6.92 Å². The minimum atomic E-state index is 0.163. The maximum absolute atomic E-state index is 8.97. The minimum Gasteiger partial charge on any atom is -0.395 e. The first-order valence-electron chi connectivity index (χ1n) is 5.18. The van der Waals surface area contributed by atoms with E-state index in [4.69, 9.17) is 5.11 Å². The Morgan fingerprint density at radius 3 is 2.67 bits per heavy atom. The van der Waals surface area contributed by atoms with Crippen LogP contribution in [0.15, 0.2) is 16.6 Å². The lowest BCUT2D eigenvalue weighted by Crippen LogP contribution is -2.28. The summed E-state index contributed by atoms with van der Waals surface area (Å²) in [4.78, 5) is 6.57. The van der Waals surface area contributed by atoms with Crippen molar-refractivity contribution in [3.63, 3.8) is 0 Å². The Morgan fingerprint density at radius 2 is 2.13 bits per heavy atom. The molecule has 0 unspecified atom stereocenters. The number of rotatable bonds is 5. The molecule has 0 aliphatic heterocycles. The molecular formula is C11H17BrN2O. The van der Waals surface area contributed by atoms with E-state index in [0.29, 0.717) is 6.54 Å². The van der Waals surface area contributed by atoms with Crippen molar-refractivity contribution < 1.29 is 5.11 Å². The number of aliphatic hydroxyl groups is 1. The molecule has 1 rings (SSSR count). The topological polar surface area (TPSA) is 36.4 Å². The summed E-state index contributed by atoms with van der Waals surface area (Å²) in [6, 6.07) is 3.97. The van der Waals surface area contributed by atoms with Crippen LogP contribution >= 0.6 is 15.9 Å². The fraction of sp³-hybridized carbons (Fsp3) is 0.545. The molecule has 0 amide bonds. The van der Waals surface area contributed by atoms with Crippen molar-refractivity contribution in [3.05, 3.63) is 22.3 Å². The zero-order valence-corrected chi connectivity index (χ0v) is 10.8. The Hall–Kier alpha value is -0.610. The number of pyridine rings is 1. The zero-order chi connectivity index (χ0) is 11.3. The lowest BCUT2D eigenvalue weighted by molar-refractivity contribution is 0.301. The number of aliphatic hydroxyl groups excluding tert-OH is 1. The largest absolute Gasteiger partial charge is 0.395 e. The second kappa shape index (κ2) is 6.08. The van der Waals surface area contributed by atoms with Gasteiger partial charge in [-0.1, -0.05) is 6.92 Å². The number of aryl methyl sites for hydroxylation is 1. The summed E-state index contributed by atoms with van der Waals surface area (Å²) in [6.07, 6.45) is 1.05. The highest BCUT2D eigenvalue weighted by molar-refractivity contribution is 9.10. The van der Waals surface area contributed by atoms with Crippen LogP contribution < -0.4 is 4.90 Å². The molecule has 0 bridgehead atoms. The lowest BCUT2D eigenvalue weighted by atomic mass is 10.3. The summed E-state index contributed by atoms with van der Waals surface area (Å²) in [5.41, 5.74) is 0.978. The molecule has 1 N–H and O–H groups in total. The van der Waals surface area contributed by atoms with Crippen molar-refractivity contribution in [2.24, 2.45) is 0 Å². The molecule has 0 saturated carbocycles. The standard InChI is InChI=1S/C11H17BrN2O/c1-3-6-14(7-8-15)11-5-4-10(12)9(2)13-11/h4-5,15H,3,6-8H2,1-2H3. The third-order valence-corrected chi connectivity index (χ3v) is 3.03. The molecule has 84 valence electrons. The quantitative estimate of drug-likeness (QED) is 0.894. The van der Waals surface area contributed by atoms with Gasteiger partial charge in [-0.15, -0.1) is 0 Å². The van der Waals surface area contributed by atoms with Gasteiger partial charge in [0.1, 0.15) is 5.82 Å². The van der Waals surface area contributed by atoms with Crippen LogP contribution in [0.3, 0.4) is 0 Å². The highest BCUT2D eigenvalue weighted by atomic mass is 79.9. The average molecular weight is 273 g/mol. The average Bonchev–Trinajstić information content (AvgIpc) is 2.22. The van der Waals surface area contributed by atoms with Gasteiger partial charge < -0.3 is 10.0 Å². The molecule has 0 radical (unpaired) electrons. The molecule has 0 aliphatic carbocycles. The summed E-state index contributed by atoms with van der Waals surface area (Å²) >= 11 is 3.43. The number of anilines is 1. The van der Waals surface area contributed by atoms with E-state index in [9.17, 15) is 0 Å². The van der Waals surface area contributed by atoms with Crippen molar-refractivity contribution in [3.8, 4) is 0 Å². The van der Waals surface area contributed by atoms with Crippen LogP contribution in [0.2, 0.25) is 0 Å². The number of nitrogens with zero attached hydrogens (tertiary/aromatic N) is 2. The smallest absolute Gasteiger partial charge is 0.128 e. The second-order valence-electron chi connectivity index (χ2n) is 3.45. The fourth-order valence-corrected chi connectivity index (χ4v) is 1.66. The predicted octanol–water partition coefficient (Wildman–Crippen LogP) is 2.36. The van der Waals surface area contributed by atoms with Crippen LogP contribution in [0.1, 0.15) is 19.0 Å². The Balaban J connectivity index is 2.85. The number of aromatic nitrogens is 1. The molecule has 1 aromatic heterocycles. The van der Waals surface area contributed by atoms with E-state index in [1.165, 1.54) is 0 Å². The minimum absolute atomic E-state index is 0.163. The van der Waals surface area contributed by atoms with Crippen LogP contribution in [0.5, 0.6) is 0 Å². The Morgan fingerprint density at radius 1 is 1.40 bits per heavy atom. The fourth-order valence-electron chi connectivity index (χ4n) is 1.44. The normalized spacial score (nSPS) is 10.4. The molecule has 1 aromatic rings. The SMILES string of the molecule is CCCN(CCO)c1ccc(Br)c(C)n1. The van der Waals surface area contributed by atoms with E-state index >= 15 is 0 Å². The van der Waals surface area contributed by atoms with E-state index < -0.39 is 0 Å². The first kappa shape index (κ1) is 12.5. The first-order valence-corrected chi connectivity index (χ1v) is 5.97. The van der Waals surface area contributed by atoms with E-state index in [-0.39, 0.29) is 6.61 Å². The molecule has 0 aliphatic rings. The van der Waals surface area contributed by atoms with Crippen molar-refractivity contribution in [1.82, 2.24) is 4.98 Å². The zero-order valence-electron chi connectivity index (χ0n) is 9.20. The first-order chi connectivity index (χ1) is 7.19. The van der Waals surface area contributed by atoms with E-state index in [2.05, 4.69) is 32.7 Å². The highest BCUT2D eigenvalue weighted by Crippen LogP contribution is 2.19. The third-order valence-electron chi connectivity index (χ3n) is 2.19. The molecular weight excluding hydrogens is 256 g/mol. The van der Waals surface area contributed by atoms with Crippen LogP contribution in [0.4, 0.5) is 5.82 Å². The van der Waals surface area contributed by atoms with Gasteiger partial charge in [-0.3, -0.25) is 0 Å². The van der Waals surface area contributed by atoms with Gasteiger partial charge in [0.15, 0.2) is 0 Å². The summed E-state index contributed by atoms with van der Waals surface area (Å²) in [7, 11) is 0. The second-order valence-corrected chi connectivity index (χ2v) is 4.30. The molecule has 0 saturated heterocycles. The molecule has 0 aromatic carbocycles. The Bertz CT molecular complexity index is 311. The van der Waals surface area contributed by atoms with Crippen molar-refractivity contribution in [1.29, 1.82) is 0 Å². The van der Waals surface area contributed by atoms with Gasteiger partial charge in [0.25, 0.3) is 0 Å². The molecule has 0 fully saturated rings. The van der Waals surface area contributed by atoms with Crippen LogP contribution in [0.25, 0.3) is 0 Å². The summed E-state index contributed by atoms with van der Waals surface area (Å²) in [6.45, 7) is 5.82. The van der Waals surface area contributed by atoms with E-state index in [1.54, 1.807) is 0 Å². The monoisotopic (exact) mass is 272 g/mol. The third kappa shape index (κ3) is 3.47. The summed E-state index contributed by atoms with van der Waals surface area (Å²) in [5, 5.41) is 8.97. The van der Waals surface area contributed by atoms with Crippen molar-refractivity contribution in [2.45, 2.75) is 20.3 Å². The van der Waals surface area contributed by atoms with E-state index in [1.807, 2.05) is 19.1 Å². The molecule has 0 atom stereocenters. The van der Waals surface area contributed by atoms with Gasteiger partial charge in [0, 0.05) is 17.6 Å². The Kier molecular flexibility index (Phi) is 5.05.